The topological polar surface area (TPSA) is 38.3 Å². The van der Waals surface area contributed by atoms with Crippen molar-refractivity contribution in [2.24, 2.45) is 0 Å². The second kappa shape index (κ2) is 6.13. The molecule has 0 atom stereocenters. The zero-order valence-corrected chi connectivity index (χ0v) is 14.0. The lowest BCUT2D eigenvalue weighted by Crippen LogP contribution is -2.50. The van der Waals surface area contributed by atoms with Crippen LogP contribution >= 0.6 is 15.9 Å². The number of carbonyl (C=O) groups excluding carboxylic acids is 1. The van der Waals surface area contributed by atoms with Crippen molar-refractivity contribution in [2.75, 3.05) is 7.11 Å². The van der Waals surface area contributed by atoms with Crippen molar-refractivity contribution in [3.8, 4) is 5.75 Å². The summed E-state index contributed by atoms with van der Waals surface area (Å²) >= 11 is 3.45. The first kappa shape index (κ1) is 15.1. The van der Waals surface area contributed by atoms with Crippen LogP contribution in [0.3, 0.4) is 0 Å². The van der Waals surface area contributed by atoms with Crippen LogP contribution in [-0.2, 0) is 5.54 Å². The van der Waals surface area contributed by atoms with Crippen LogP contribution in [0.1, 0.15) is 35.2 Å². The van der Waals surface area contributed by atoms with Crippen LogP contribution in [0.2, 0.25) is 0 Å². The molecule has 22 heavy (non-hydrogen) atoms. The number of methoxy groups -OCH3 is 1. The first-order valence-corrected chi connectivity index (χ1v) is 8.15. The number of hydrogen-bond donors (Lipinski definition) is 1. The van der Waals surface area contributed by atoms with E-state index in [-0.39, 0.29) is 11.4 Å². The fourth-order valence-corrected chi connectivity index (χ4v) is 3.29. The van der Waals surface area contributed by atoms with E-state index in [1.807, 2.05) is 30.3 Å². The highest BCUT2D eigenvalue weighted by molar-refractivity contribution is 9.10. The van der Waals surface area contributed by atoms with Crippen molar-refractivity contribution in [1.82, 2.24) is 5.32 Å². The number of carbonyl (C=O) groups is 1. The van der Waals surface area contributed by atoms with Gasteiger partial charge in [0.1, 0.15) is 5.75 Å². The first-order chi connectivity index (χ1) is 10.6. The smallest absolute Gasteiger partial charge is 0.253 e. The Labute approximate surface area is 138 Å². The van der Waals surface area contributed by atoms with Crippen molar-refractivity contribution in [3.63, 3.8) is 0 Å². The van der Waals surface area contributed by atoms with E-state index < -0.39 is 0 Å². The number of nitrogens with one attached hydrogen (secondary N) is 1. The summed E-state index contributed by atoms with van der Waals surface area (Å²) < 4.78 is 5.99. The maximum atomic E-state index is 12.7. The molecule has 0 saturated heterocycles. The molecule has 0 heterocycles. The second-order valence-corrected chi connectivity index (χ2v) is 6.46. The fourth-order valence-electron chi connectivity index (χ4n) is 2.86. The van der Waals surface area contributed by atoms with Gasteiger partial charge in [-0.1, -0.05) is 30.3 Å². The van der Waals surface area contributed by atoms with Gasteiger partial charge in [-0.3, -0.25) is 4.79 Å². The summed E-state index contributed by atoms with van der Waals surface area (Å²) in [6, 6.07) is 15.6. The van der Waals surface area contributed by atoms with Gasteiger partial charge in [0, 0.05) is 4.47 Å². The molecular weight excluding hydrogens is 342 g/mol. The molecule has 1 amide bonds. The van der Waals surface area contributed by atoms with Crippen LogP contribution in [0.25, 0.3) is 0 Å². The molecule has 1 aliphatic carbocycles. The predicted octanol–water partition coefficient (Wildman–Crippen LogP) is 4.27. The predicted molar refractivity (Wildman–Crippen MR) is 90.1 cm³/mol. The van der Waals surface area contributed by atoms with Crippen LogP contribution in [0, 0.1) is 0 Å². The normalized spacial score (nSPS) is 15.7. The maximum Gasteiger partial charge on any atom is 0.253 e. The Morgan fingerprint density at radius 2 is 1.91 bits per heavy atom. The third kappa shape index (κ3) is 2.75. The molecular formula is C18H18BrNO2. The number of amides is 1. The van der Waals surface area contributed by atoms with Gasteiger partial charge in [0.05, 0.1) is 18.2 Å². The molecule has 0 bridgehead atoms. The zero-order valence-electron chi connectivity index (χ0n) is 12.4. The van der Waals surface area contributed by atoms with E-state index in [9.17, 15) is 4.79 Å². The number of halogens is 1. The lowest BCUT2D eigenvalue weighted by atomic mass is 9.71. The monoisotopic (exact) mass is 359 g/mol. The van der Waals surface area contributed by atoms with Crippen molar-refractivity contribution in [3.05, 3.63) is 64.1 Å². The average Bonchev–Trinajstić information content (AvgIpc) is 2.52. The van der Waals surface area contributed by atoms with Gasteiger partial charge in [0.2, 0.25) is 0 Å². The van der Waals surface area contributed by atoms with Crippen molar-refractivity contribution < 1.29 is 9.53 Å². The fraction of sp³-hybridized carbons (Fsp3) is 0.278. The van der Waals surface area contributed by atoms with Crippen molar-refractivity contribution >= 4 is 21.8 Å². The minimum Gasteiger partial charge on any atom is -0.497 e. The van der Waals surface area contributed by atoms with E-state index in [0.717, 1.165) is 23.7 Å². The van der Waals surface area contributed by atoms with Gasteiger partial charge in [-0.05, 0) is 59.0 Å². The standard InChI is InChI=1S/C18H18BrNO2/c1-22-14-8-9-16(19)15(12-14)17(21)20-18(10-5-11-18)13-6-3-2-4-7-13/h2-4,6-9,12H,5,10-11H2,1H3,(H,20,21). The van der Waals surface area contributed by atoms with E-state index in [1.54, 1.807) is 13.2 Å². The Balaban J connectivity index is 1.87. The summed E-state index contributed by atoms with van der Waals surface area (Å²) in [6.07, 6.45) is 3.09. The van der Waals surface area contributed by atoms with Gasteiger partial charge >= 0.3 is 0 Å². The highest BCUT2D eigenvalue weighted by Crippen LogP contribution is 2.41. The number of benzene rings is 2. The highest BCUT2D eigenvalue weighted by Gasteiger charge is 2.40. The molecule has 1 saturated carbocycles. The van der Waals surface area contributed by atoms with E-state index in [4.69, 9.17) is 4.74 Å². The summed E-state index contributed by atoms with van der Waals surface area (Å²) in [5.41, 5.74) is 1.54. The summed E-state index contributed by atoms with van der Waals surface area (Å²) in [5, 5.41) is 3.23. The Morgan fingerprint density at radius 3 is 2.50 bits per heavy atom. The average molecular weight is 360 g/mol. The third-order valence-electron chi connectivity index (χ3n) is 4.30. The molecule has 1 aliphatic rings. The molecule has 1 fully saturated rings. The van der Waals surface area contributed by atoms with Crippen LogP contribution in [-0.4, -0.2) is 13.0 Å². The summed E-state index contributed by atoms with van der Waals surface area (Å²) in [7, 11) is 1.60. The quantitative estimate of drug-likeness (QED) is 0.885. The molecule has 2 aromatic carbocycles. The van der Waals surface area contributed by atoms with E-state index in [2.05, 4.69) is 33.4 Å². The molecule has 0 unspecified atom stereocenters. The van der Waals surface area contributed by atoms with Gasteiger partial charge in [-0.15, -0.1) is 0 Å². The van der Waals surface area contributed by atoms with Crippen molar-refractivity contribution in [2.45, 2.75) is 24.8 Å². The molecule has 0 aromatic heterocycles. The highest BCUT2D eigenvalue weighted by atomic mass is 79.9. The van der Waals surface area contributed by atoms with Crippen LogP contribution in [0.4, 0.5) is 0 Å². The largest absolute Gasteiger partial charge is 0.497 e. The minimum atomic E-state index is -0.235. The molecule has 114 valence electrons. The third-order valence-corrected chi connectivity index (χ3v) is 5.00. The maximum absolute atomic E-state index is 12.7. The van der Waals surface area contributed by atoms with Gasteiger partial charge in [-0.2, -0.15) is 0 Å². The number of ether oxygens (including phenoxy) is 1. The Morgan fingerprint density at radius 1 is 1.18 bits per heavy atom. The molecule has 1 N–H and O–H groups in total. The van der Waals surface area contributed by atoms with Crippen molar-refractivity contribution in [1.29, 1.82) is 0 Å². The Bertz CT molecular complexity index is 681. The number of rotatable bonds is 4. The lowest BCUT2D eigenvalue weighted by Gasteiger charge is -2.43. The van der Waals surface area contributed by atoms with E-state index in [1.165, 1.54) is 5.56 Å². The van der Waals surface area contributed by atoms with Crippen LogP contribution in [0.15, 0.2) is 53.0 Å². The van der Waals surface area contributed by atoms with Gasteiger partial charge in [-0.25, -0.2) is 0 Å². The number of hydrogen-bond acceptors (Lipinski definition) is 2. The summed E-state index contributed by atoms with van der Waals surface area (Å²) in [5.74, 6) is 0.602. The summed E-state index contributed by atoms with van der Waals surface area (Å²) in [6.45, 7) is 0. The molecule has 3 rings (SSSR count). The SMILES string of the molecule is COc1ccc(Br)c(C(=O)NC2(c3ccccc3)CCC2)c1. The van der Waals surface area contributed by atoms with E-state index >= 15 is 0 Å². The van der Waals surface area contributed by atoms with Gasteiger partial charge in [0.25, 0.3) is 5.91 Å². The zero-order chi connectivity index (χ0) is 15.6. The molecule has 0 aliphatic heterocycles. The molecule has 4 heteroatoms. The Kier molecular flexibility index (Phi) is 4.21. The second-order valence-electron chi connectivity index (χ2n) is 5.60. The summed E-state index contributed by atoms with van der Waals surface area (Å²) in [4.78, 5) is 12.7. The van der Waals surface area contributed by atoms with Crippen LogP contribution < -0.4 is 10.1 Å². The molecule has 3 nitrogen and oxygen atoms in total. The molecule has 0 radical (unpaired) electrons. The first-order valence-electron chi connectivity index (χ1n) is 7.36. The molecule has 2 aromatic rings. The van der Waals surface area contributed by atoms with Gasteiger partial charge in [0.15, 0.2) is 0 Å². The molecule has 0 spiro atoms. The van der Waals surface area contributed by atoms with Gasteiger partial charge < -0.3 is 10.1 Å². The lowest BCUT2D eigenvalue weighted by molar-refractivity contribution is 0.0822. The van der Waals surface area contributed by atoms with Crippen LogP contribution in [0.5, 0.6) is 5.75 Å². The minimum absolute atomic E-state index is 0.0747. The van der Waals surface area contributed by atoms with E-state index in [0.29, 0.717) is 11.3 Å². The Hall–Kier alpha value is -1.81.